The van der Waals surface area contributed by atoms with Crippen LogP contribution in [-0.4, -0.2) is 58.8 Å². The fourth-order valence-electron chi connectivity index (χ4n) is 4.24. The van der Waals surface area contributed by atoms with Crippen LogP contribution in [0, 0.1) is 13.8 Å². The number of rotatable bonds is 6. The van der Waals surface area contributed by atoms with E-state index in [4.69, 9.17) is 19.9 Å². The van der Waals surface area contributed by atoms with E-state index in [1.54, 1.807) is 13.3 Å². The Morgan fingerprint density at radius 3 is 2.65 bits per heavy atom. The van der Waals surface area contributed by atoms with E-state index in [9.17, 15) is 0 Å². The van der Waals surface area contributed by atoms with E-state index in [0.717, 1.165) is 71.1 Å². The highest BCUT2D eigenvalue weighted by molar-refractivity contribution is 5.95. The topological polar surface area (TPSA) is 124 Å². The van der Waals surface area contributed by atoms with Gasteiger partial charge in [0.2, 0.25) is 0 Å². The molecule has 0 bridgehead atoms. The molecule has 1 atom stereocenters. The second kappa shape index (κ2) is 9.24. The average Bonchev–Trinajstić information content (AvgIpc) is 3.27. The quantitative estimate of drug-likeness (QED) is 0.417. The molecular formula is C24H27N7O3. The van der Waals surface area contributed by atoms with Crippen molar-refractivity contribution in [1.82, 2.24) is 25.4 Å². The number of methoxy groups -OCH3 is 1. The number of nitrogens with two attached hydrogens (primary N) is 1. The van der Waals surface area contributed by atoms with Gasteiger partial charge in [-0.25, -0.2) is 4.98 Å². The molecule has 4 aromatic rings. The van der Waals surface area contributed by atoms with Gasteiger partial charge in [-0.2, -0.15) is 15.3 Å². The predicted octanol–water partition coefficient (Wildman–Crippen LogP) is 2.91. The van der Waals surface area contributed by atoms with Crippen LogP contribution in [0.3, 0.4) is 0 Å². The van der Waals surface area contributed by atoms with Crippen LogP contribution in [-0.2, 0) is 4.74 Å². The second-order valence-electron chi connectivity index (χ2n) is 8.19. The number of aromatic nitrogens is 5. The Labute approximate surface area is 197 Å². The third kappa shape index (κ3) is 4.13. The summed E-state index contributed by atoms with van der Waals surface area (Å²) in [6.45, 7) is 6.90. The Morgan fingerprint density at radius 2 is 1.94 bits per heavy atom. The maximum Gasteiger partial charge on any atom is 0.176 e. The zero-order valence-corrected chi connectivity index (χ0v) is 19.4. The summed E-state index contributed by atoms with van der Waals surface area (Å²) in [5, 5.41) is 16.6. The summed E-state index contributed by atoms with van der Waals surface area (Å²) < 4.78 is 17.2. The van der Waals surface area contributed by atoms with E-state index in [1.165, 1.54) is 0 Å². The van der Waals surface area contributed by atoms with Crippen LogP contribution >= 0.6 is 0 Å². The third-order valence-electron chi connectivity index (χ3n) is 6.02. The van der Waals surface area contributed by atoms with Crippen LogP contribution < -0.4 is 20.1 Å². The van der Waals surface area contributed by atoms with Crippen LogP contribution in [0.15, 0.2) is 36.7 Å². The van der Waals surface area contributed by atoms with Gasteiger partial charge in [0, 0.05) is 41.9 Å². The Bertz CT molecular complexity index is 1280. The van der Waals surface area contributed by atoms with E-state index in [0.29, 0.717) is 11.5 Å². The zero-order chi connectivity index (χ0) is 23.7. The number of fused-ring (bicyclic) bond motifs is 1. The first-order valence-electron chi connectivity index (χ1n) is 11.1. The number of hydrogen-bond donors (Lipinski definition) is 2. The lowest BCUT2D eigenvalue weighted by atomic mass is 10.1. The smallest absolute Gasteiger partial charge is 0.176 e. The van der Waals surface area contributed by atoms with Crippen molar-refractivity contribution in [2.45, 2.75) is 20.1 Å². The number of benzene rings is 1. The molecule has 5 rings (SSSR count). The molecule has 3 aromatic heterocycles. The van der Waals surface area contributed by atoms with Gasteiger partial charge in [0.25, 0.3) is 0 Å². The molecule has 0 unspecified atom stereocenters. The van der Waals surface area contributed by atoms with Crippen molar-refractivity contribution in [1.29, 1.82) is 0 Å². The number of nitrogens with zero attached hydrogens (tertiary/aromatic N) is 5. The van der Waals surface area contributed by atoms with Crippen molar-refractivity contribution < 1.29 is 14.2 Å². The van der Waals surface area contributed by atoms with Gasteiger partial charge in [-0.1, -0.05) is 0 Å². The molecular weight excluding hydrogens is 434 g/mol. The van der Waals surface area contributed by atoms with Gasteiger partial charge in [0.05, 0.1) is 37.7 Å². The van der Waals surface area contributed by atoms with Crippen molar-refractivity contribution in [3.63, 3.8) is 0 Å². The van der Waals surface area contributed by atoms with Crippen LogP contribution in [0.2, 0.25) is 0 Å². The maximum atomic E-state index is 6.42. The first-order valence-corrected chi connectivity index (χ1v) is 11.1. The molecule has 1 aliphatic heterocycles. The van der Waals surface area contributed by atoms with Gasteiger partial charge in [-0.3, -0.25) is 10.8 Å². The standard InChI is InChI=1S/C24H27N7O3/c1-14-12-27-28-15(2)22(14)24(25)34-20-10-17-18(11-19(20)32-3)29-30-23(17)16-4-5-21(26-13-16)31-6-8-33-9-7-31/h4-5,10-13,24H,6-9,25H2,1-3H3,(H,29,30)/t24-/m0/s1. The van der Waals surface area contributed by atoms with E-state index >= 15 is 0 Å². The maximum absolute atomic E-state index is 6.42. The number of hydrogen-bond acceptors (Lipinski definition) is 9. The summed E-state index contributed by atoms with van der Waals surface area (Å²) in [4.78, 5) is 6.87. The molecule has 1 aliphatic rings. The molecule has 1 fully saturated rings. The number of anilines is 1. The molecule has 1 saturated heterocycles. The molecule has 0 amide bonds. The minimum atomic E-state index is -0.730. The molecule has 10 heteroatoms. The molecule has 34 heavy (non-hydrogen) atoms. The Hall–Kier alpha value is -3.76. The number of nitrogens with one attached hydrogen (secondary N) is 1. The monoisotopic (exact) mass is 461 g/mol. The lowest BCUT2D eigenvalue weighted by molar-refractivity contribution is 0.122. The first-order chi connectivity index (χ1) is 16.5. The van der Waals surface area contributed by atoms with Gasteiger partial charge in [0.15, 0.2) is 17.7 Å². The summed E-state index contributed by atoms with van der Waals surface area (Å²) in [5.41, 5.74) is 11.3. The van der Waals surface area contributed by atoms with Crippen molar-refractivity contribution in [3.8, 4) is 22.8 Å². The number of pyridine rings is 1. The van der Waals surface area contributed by atoms with Crippen LogP contribution in [0.25, 0.3) is 22.2 Å². The number of aryl methyl sites for hydroxylation is 2. The van der Waals surface area contributed by atoms with Crippen molar-refractivity contribution in [3.05, 3.63) is 53.5 Å². The van der Waals surface area contributed by atoms with Crippen molar-refractivity contribution in [2.24, 2.45) is 5.73 Å². The third-order valence-corrected chi connectivity index (χ3v) is 6.02. The van der Waals surface area contributed by atoms with E-state index in [2.05, 4.69) is 30.3 Å². The Morgan fingerprint density at radius 1 is 1.12 bits per heavy atom. The highest BCUT2D eigenvalue weighted by Crippen LogP contribution is 2.38. The number of aromatic amines is 1. The van der Waals surface area contributed by atoms with Crippen LogP contribution in [0.5, 0.6) is 11.5 Å². The summed E-state index contributed by atoms with van der Waals surface area (Å²) in [6.07, 6.45) is 2.78. The molecule has 0 radical (unpaired) electrons. The second-order valence-corrected chi connectivity index (χ2v) is 8.19. The van der Waals surface area contributed by atoms with Gasteiger partial charge >= 0.3 is 0 Å². The average molecular weight is 462 g/mol. The number of morpholine rings is 1. The first kappa shape index (κ1) is 22.1. The summed E-state index contributed by atoms with van der Waals surface area (Å²) in [5.74, 6) is 2.00. The van der Waals surface area contributed by atoms with Crippen molar-refractivity contribution in [2.75, 3.05) is 38.3 Å². The van der Waals surface area contributed by atoms with Gasteiger partial charge in [-0.15, -0.1) is 0 Å². The molecule has 0 spiro atoms. The summed E-state index contributed by atoms with van der Waals surface area (Å²) >= 11 is 0. The predicted molar refractivity (Wildman–Crippen MR) is 128 cm³/mol. The number of H-pyrrole nitrogens is 1. The minimum Gasteiger partial charge on any atom is -0.493 e. The Balaban J connectivity index is 1.47. The molecule has 1 aromatic carbocycles. The normalized spacial score (nSPS) is 14.9. The molecule has 176 valence electrons. The highest BCUT2D eigenvalue weighted by Gasteiger charge is 2.20. The molecule has 4 heterocycles. The van der Waals surface area contributed by atoms with E-state index < -0.39 is 6.23 Å². The highest BCUT2D eigenvalue weighted by atomic mass is 16.5. The molecule has 0 aliphatic carbocycles. The lowest BCUT2D eigenvalue weighted by Crippen LogP contribution is -2.36. The molecule has 0 saturated carbocycles. The Kier molecular flexibility index (Phi) is 5.99. The SMILES string of the molecule is COc1cc2[nH]nc(-c3ccc(N4CCOCC4)nc3)c2cc1O[C@H](N)c1c(C)cnnc1C. The largest absolute Gasteiger partial charge is 0.493 e. The fraction of sp³-hybridized carbons (Fsp3) is 0.333. The summed E-state index contributed by atoms with van der Waals surface area (Å²) in [6, 6.07) is 7.79. The molecule has 10 nitrogen and oxygen atoms in total. The van der Waals surface area contributed by atoms with Gasteiger partial charge in [0.1, 0.15) is 11.5 Å². The minimum absolute atomic E-state index is 0.513. The van der Waals surface area contributed by atoms with Crippen LogP contribution in [0.4, 0.5) is 5.82 Å². The fourth-order valence-corrected chi connectivity index (χ4v) is 4.24. The van der Waals surface area contributed by atoms with Gasteiger partial charge < -0.3 is 19.1 Å². The summed E-state index contributed by atoms with van der Waals surface area (Å²) in [7, 11) is 1.59. The van der Waals surface area contributed by atoms with Crippen LogP contribution in [0.1, 0.15) is 23.0 Å². The van der Waals surface area contributed by atoms with Crippen molar-refractivity contribution >= 4 is 16.7 Å². The van der Waals surface area contributed by atoms with E-state index in [1.807, 2.05) is 44.3 Å². The lowest BCUT2D eigenvalue weighted by Gasteiger charge is -2.27. The number of ether oxygens (including phenoxy) is 3. The van der Waals surface area contributed by atoms with E-state index in [-0.39, 0.29) is 0 Å². The van der Waals surface area contributed by atoms with Gasteiger partial charge in [-0.05, 0) is 37.6 Å². The molecule has 3 N–H and O–H groups in total. The zero-order valence-electron chi connectivity index (χ0n) is 19.4.